The van der Waals surface area contributed by atoms with E-state index in [1.54, 1.807) is 0 Å². The molecule has 0 radical (unpaired) electrons. The number of anilines is 1. The highest BCUT2D eigenvalue weighted by Gasteiger charge is 2.21. The van der Waals surface area contributed by atoms with E-state index in [0.717, 1.165) is 12.8 Å². The highest BCUT2D eigenvalue weighted by atomic mass is 35.5. The van der Waals surface area contributed by atoms with Crippen molar-refractivity contribution in [2.45, 2.75) is 25.4 Å². The largest absolute Gasteiger partial charge is 0.496 e. The molecule has 21 heavy (non-hydrogen) atoms. The second-order valence-electron chi connectivity index (χ2n) is 4.72. The normalized spacial score (nSPS) is 17.5. The lowest BCUT2D eigenvalue weighted by molar-refractivity contribution is -0.118. The van der Waals surface area contributed by atoms with Crippen molar-refractivity contribution in [3.63, 3.8) is 0 Å². The lowest BCUT2D eigenvalue weighted by Gasteiger charge is -2.13. The Morgan fingerprint density at radius 1 is 1.52 bits per heavy atom. The first-order valence-electron chi connectivity index (χ1n) is 6.53. The minimum atomic E-state index is -1.15. The number of carboxylic acids is 1. The van der Waals surface area contributed by atoms with Gasteiger partial charge >= 0.3 is 5.97 Å². The van der Waals surface area contributed by atoms with Crippen LogP contribution in [0.5, 0.6) is 5.75 Å². The van der Waals surface area contributed by atoms with E-state index in [9.17, 15) is 9.59 Å². The molecule has 6 nitrogen and oxygen atoms in total. The molecular weight excluding hydrogens is 298 g/mol. The number of aromatic carboxylic acids is 1. The molecule has 0 bridgehead atoms. The third kappa shape index (κ3) is 3.86. The third-order valence-electron chi connectivity index (χ3n) is 3.23. The number of benzene rings is 1. The first-order valence-corrected chi connectivity index (χ1v) is 6.91. The third-order valence-corrected chi connectivity index (χ3v) is 3.54. The van der Waals surface area contributed by atoms with Gasteiger partial charge in [0.25, 0.3) is 0 Å². The van der Waals surface area contributed by atoms with Gasteiger partial charge in [0.1, 0.15) is 11.3 Å². The van der Waals surface area contributed by atoms with Crippen molar-refractivity contribution < 1.29 is 24.2 Å². The predicted molar refractivity (Wildman–Crippen MR) is 77.2 cm³/mol. The summed E-state index contributed by atoms with van der Waals surface area (Å²) < 4.78 is 10.4. The van der Waals surface area contributed by atoms with Crippen LogP contribution in [-0.4, -0.2) is 36.8 Å². The number of hydrogen-bond acceptors (Lipinski definition) is 4. The topological polar surface area (TPSA) is 84.9 Å². The summed E-state index contributed by atoms with van der Waals surface area (Å²) >= 11 is 6.00. The molecular formula is C14H16ClNO5. The molecule has 1 aliphatic heterocycles. The number of carbonyl (C=O) groups excluding carboxylic acids is 1. The Morgan fingerprint density at radius 3 is 2.86 bits per heavy atom. The van der Waals surface area contributed by atoms with Gasteiger partial charge in [-0.1, -0.05) is 11.6 Å². The van der Waals surface area contributed by atoms with E-state index in [2.05, 4.69) is 5.32 Å². The van der Waals surface area contributed by atoms with Crippen molar-refractivity contribution in [1.82, 2.24) is 0 Å². The number of rotatable bonds is 5. The average molecular weight is 314 g/mol. The first-order chi connectivity index (χ1) is 10.0. The molecule has 0 aromatic heterocycles. The second kappa shape index (κ2) is 6.78. The summed E-state index contributed by atoms with van der Waals surface area (Å²) in [7, 11) is 1.35. The summed E-state index contributed by atoms with van der Waals surface area (Å²) in [6, 6.07) is 2.66. The molecule has 7 heteroatoms. The van der Waals surface area contributed by atoms with Crippen LogP contribution in [0.2, 0.25) is 5.02 Å². The second-order valence-corrected chi connectivity index (χ2v) is 5.13. The standard InChI is InChI=1S/C14H16ClNO5/c1-20-12-7-11(10(15)6-9(12)14(18)19)16-13(17)5-8-3-2-4-21-8/h6-8H,2-5H2,1H3,(H,16,17)(H,18,19). The van der Waals surface area contributed by atoms with Gasteiger partial charge in [-0.15, -0.1) is 0 Å². The van der Waals surface area contributed by atoms with Crippen LogP contribution in [0.1, 0.15) is 29.6 Å². The molecule has 1 amide bonds. The monoisotopic (exact) mass is 313 g/mol. The number of ether oxygens (including phenoxy) is 2. The molecule has 0 saturated carbocycles. The Kier molecular flexibility index (Phi) is 5.03. The molecule has 1 saturated heterocycles. The number of halogens is 1. The fourth-order valence-corrected chi connectivity index (χ4v) is 2.41. The summed E-state index contributed by atoms with van der Waals surface area (Å²) in [6.07, 6.45) is 2.01. The van der Waals surface area contributed by atoms with E-state index in [-0.39, 0.29) is 34.8 Å². The van der Waals surface area contributed by atoms with Gasteiger partial charge in [-0.3, -0.25) is 4.79 Å². The summed E-state index contributed by atoms with van der Waals surface area (Å²) in [5.41, 5.74) is 0.265. The molecule has 1 atom stereocenters. The minimum Gasteiger partial charge on any atom is -0.496 e. The van der Waals surface area contributed by atoms with Crippen LogP contribution < -0.4 is 10.1 Å². The number of amides is 1. The molecule has 2 rings (SSSR count). The zero-order valence-electron chi connectivity index (χ0n) is 11.5. The maximum absolute atomic E-state index is 11.9. The van der Waals surface area contributed by atoms with Crippen molar-refractivity contribution in [2.75, 3.05) is 19.0 Å². The van der Waals surface area contributed by atoms with Gasteiger partial charge in [0.05, 0.1) is 30.3 Å². The Balaban J connectivity index is 2.12. The summed E-state index contributed by atoms with van der Waals surface area (Å²) in [5, 5.41) is 11.8. The fourth-order valence-electron chi connectivity index (χ4n) is 2.20. The average Bonchev–Trinajstić information content (AvgIpc) is 2.93. The Hall–Kier alpha value is -1.79. The van der Waals surface area contributed by atoms with Crippen LogP contribution in [0.3, 0.4) is 0 Å². The molecule has 114 valence electrons. The van der Waals surface area contributed by atoms with E-state index in [1.165, 1.54) is 19.2 Å². The van der Waals surface area contributed by atoms with E-state index < -0.39 is 5.97 Å². The Labute approximate surface area is 127 Å². The van der Waals surface area contributed by atoms with Crippen LogP contribution in [-0.2, 0) is 9.53 Å². The van der Waals surface area contributed by atoms with Gasteiger partial charge in [0.15, 0.2) is 0 Å². The molecule has 1 aromatic carbocycles. The smallest absolute Gasteiger partial charge is 0.339 e. The first kappa shape index (κ1) is 15.6. The SMILES string of the molecule is COc1cc(NC(=O)CC2CCCO2)c(Cl)cc1C(=O)O. The van der Waals surface area contributed by atoms with Gasteiger partial charge in [-0.05, 0) is 18.9 Å². The Morgan fingerprint density at radius 2 is 2.29 bits per heavy atom. The molecule has 1 unspecified atom stereocenters. The van der Waals surface area contributed by atoms with Crippen molar-refractivity contribution in [1.29, 1.82) is 0 Å². The van der Waals surface area contributed by atoms with Gasteiger partial charge in [0.2, 0.25) is 5.91 Å². The van der Waals surface area contributed by atoms with Gasteiger partial charge in [-0.2, -0.15) is 0 Å². The maximum Gasteiger partial charge on any atom is 0.339 e. The minimum absolute atomic E-state index is 0.0559. The number of carbonyl (C=O) groups is 2. The Bertz CT molecular complexity index is 555. The summed E-state index contributed by atoms with van der Waals surface area (Å²) in [5.74, 6) is -1.24. The van der Waals surface area contributed by atoms with E-state index in [0.29, 0.717) is 12.3 Å². The number of carboxylic acid groups (broad SMARTS) is 1. The van der Waals surface area contributed by atoms with Crippen LogP contribution in [0.15, 0.2) is 12.1 Å². The number of nitrogens with one attached hydrogen (secondary N) is 1. The van der Waals surface area contributed by atoms with Gasteiger partial charge in [-0.25, -0.2) is 4.79 Å². The van der Waals surface area contributed by atoms with Gasteiger partial charge < -0.3 is 19.9 Å². The zero-order chi connectivity index (χ0) is 15.4. The fraction of sp³-hybridized carbons (Fsp3) is 0.429. The quantitative estimate of drug-likeness (QED) is 0.872. The number of methoxy groups -OCH3 is 1. The molecule has 1 aliphatic rings. The van der Waals surface area contributed by atoms with Crippen molar-refractivity contribution >= 4 is 29.2 Å². The molecule has 2 N–H and O–H groups in total. The highest BCUT2D eigenvalue weighted by Crippen LogP contribution is 2.31. The lowest BCUT2D eigenvalue weighted by atomic mass is 10.1. The van der Waals surface area contributed by atoms with Crippen LogP contribution >= 0.6 is 11.6 Å². The van der Waals surface area contributed by atoms with Crippen molar-refractivity contribution in [3.8, 4) is 5.75 Å². The summed E-state index contributed by atoms with van der Waals surface area (Å²) in [6.45, 7) is 0.680. The molecule has 1 aromatic rings. The zero-order valence-corrected chi connectivity index (χ0v) is 12.3. The predicted octanol–water partition coefficient (Wildman–Crippen LogP) is 2.55. The molecule has 1 heterocycles. The van der Waals surface area contributed by atoms with Crippen molar-refractivity contribution in [2.24, 2.45) is 0 Å². The van der Waals surface area contributed by atoms with E-state index >= 15 is 0 Å². The van der Waals surface area contributed by atoms with E-state index in [1.807, 2.05) is 0 Å². The molecule has 0 aliphatic carbocycles. The number of hydrogen-bond donors (Lipinski definition) is 2. The highest BCUT2D eigenvalue weighted by molar-refractivity contribution is 6.34. The van der Waals surface area contributed by atoms with Crippen LogP contribution in [0.4, 0.5) is 5.69 Å². The van der Waals surface area contributed by atoms with Crippen LogP contribution in [0, 0.1) is 0 Å². The lowest BCUT2D eigenvalue weighted by Crippen LogP contribution is -2.19. The van der Waals surface area contributed by atoms with Gasteiger partial charge in [0, 0.05) is 12.7 Å². The summed E-state index contributed by atoms with van der Waals surface area (Å²) in [4.78, 5) is 23.0. The molecule has 1 fully saturated rings. The van der Waals surface area contributed by atoms with Crippen molar-refractivity contribution in [3.05, 3.63) is 22.7 Å². The molecule has 0 spiro atoms. The van der Waals surface area contributed by atoms with E-state index in [4.69, 9.17) is 26.2 Å². The van der Waals surface area contributed by atoms with Crippen LogP contribution in [0.25, 0.3) is 0 Å². The maximum atomic E-state index is 11.9.